The summed E-state index contributed by atoms with van der Waals surface area (Å²) in [7, 11) is 0. The lowest BCUT2D eigenvalue weighted by molar-refractivity contribution is -0.116. The van der Waals surface area contributed by atoms with Gasteiger partial charge in [-0.2, -0.15) is 0 Å². The molecule has 0 fully saturated rings. The highest BCUT2D eigenvalue weighted by atomic mass is 16.2. The van der Waals surface area contributed by atoms with Crippen molar-refractivity contribution in [2.75, 3.05) is 5.32 Å². The molecule has 26 heavy (non-hydrogen) atoms. The van der Waals surface area contributed by atoms with Crippen LogP contribution in [0.3, 0.4) is 0 Å². The fraction of sp³-hybridized carbons (Fsp3) is 0.143. The number of aromatic nitrogens is 2. The molecule has 2 aromatic heterocycles. The molecule has 0 aliphatic rings. The molecule has 0 spiro atoms. The van der Waals surface area contributed by atoms with Crippen LogP contribution >= 0.6 is 0 Å². The van der Waals surface area contributed by atoms with E-state index in [0.717, 1.165) is 22.3 Å². The van der Waals surface area contributed by atoms with Gasteiger partial charge in [0.15, 0.2) is 0 Å². The fourth-order valence-corrected chi connectivity index (χ4v) is 3.27. The van der Waals surface area contributed by atoms with Gasteiger partial charge in [-0.25, -0.2) is 0 Å². The Hall–Kier alpha value is -3.34. The van der Waals surface area contributed by atoms with Crippen molar-refractivity contribution in [3.05, 3.63) is 82.8 Å². The molecule has 4 rings (SSSR count). The van der Waals surface area contributed by atoms with Gasteiger partial charge in [0.2, 0.25) is 5.91 Å². The van der Waals surface area contributed by atoms with Crippen LogP contribution in [-0.2, 0) is 11.3 Å². The Balaban J connectivity index is 1.64. The molecule has 5 nitrogen and oxygen atoms in total. The zero-order valence-corrected chi connectivity index (χ0v) is 14.5. The Morgan fingerprint density at radius 3 is 2.42 bits per heavy atom. The first kappa shape index (κ1) is 16.1. The lowest BCUT2D eigenvalue weighted by Crippen LogP contribution is -2.25. The Bertz CT molecular complexity index is 1170. The third-order valence-electron chi connectivity index (χ3n) is 4.63. The number of carbonyl (C=O) groups is 1. The third-order valence-corrected chi connectivity index (χ3v) is 4.63. The van der Waals surface area contributed by atoms with Crippen LogP contribution in [0.5, 0.6) is 0 Å². The lowest BCUT2D eigenvalue weighted by Gasteiger charge is -2.13. The number of nitrogens with zero attached hydrogens (tertiary/aromatic N) is 2. The highest BCUT2D eigenvalue weighted by Crippen LogP contribution is 2.16. The van der Waals surface area contributed by atoms with Crippen LogP contribution in [0.15, 0.2) is 71.7 Å². The Morgan fingerprint density at radius 1 is 0.923 bits per heavy atom. The van der Waals surface area contributed by atoms with E-state index in [1.54, 1.807) is 10.6 Å². The molecule has 0 atom stereocenters. The number of nitrogens with one attached hydrogen (secondary N) is 1. The van der Waals surface area contributed by atoms with Crippen LogP contribution in [0.1, 0.15) is 12.0 Å². The molecule has 2 aromatic carbocycles. The van der Waals surface area contributed by atoms with E-state index in [2.05, 4.69) is 5.32 Å². The molecular formula is C21H19N3O2. The van der Waals surface area contributed by atoms with Crippen molar-refractivity contribution >= 4 is 28.1 Å². The molecule has 1 N–H and O–H groups in total. The van der Waals surface area contributed by atoms with Crippen molar-refractivity contribution in [2.24, 2.45) is 0 Å². The van der Waals surface area contributed by atoms with E-state index >= 15 is 0 Å². The number of rotatable bonds is 4. The van der Waals surface area contributed by atoms with Crippen molar-refractivity contribution in [3.8, 4) is 0 Å². The van der Waals surface area contributed by atoms with Crippen LogP contribution in [0, 0.1) is 6.92 Å². The minimum atomic E-state index is -0.106. The van der Waals surface area contributed by atoms with Crippen molar-refractivity contribution < 1.29 is 4.79 Å². The van der Waals surface area contributed by atoms with Crippen molar-refractivity contribution in [2.45, 2.75) is 19.9 Å². The van der Waals surface area contributed by atoms with Crippen LogP contribution in [-0.4, -0.2) is 14.9 Å². The number of para-hydroxylation sites is 3. The second-order valence-electron chi connectivity index (χ2n) is 6.32. The third kappa shape index (κ3) is 2.77. The van der Waals surface area contributed by atoms with Crippen LogP contribution in [0.2, 0.25) is 0 Å². The average Bonchev–Trinajstić information content (AvgIpc) is 3.14. The van der Waals surface area contributed by atoms with Gasteiger partial charge in [0.1, 0.15) is 5.52 Å². The molecule has 0 saturated carbocycles. The summed E-state index contributed by atoms with van der Waals surface area (Å²) in [5.74, 6) is -0.106. The van der Waals surface area contributed by atoms with Crippen molar-refractivity contribution in [1.29, 1.82) is 0 Å². The van der Waals surface area contributed by atoms with Gasteiger partial charge in [0.05, 0.1) is 11.0 Å². The van der Waals surface area contributed by atoms with Gasteiger partial charge in [-0.1, -0.05) is 30.3 Å². The second-order valence-corrected chi connectivity index (χ2v) is 6.32. The normalized spacial score (nSPS) is 11.1. The SMILES string of the molecule is Cc1ccccc1NC(=O)CCn1c(=O)c2cccn2c2ccccc21. The quantitative estimate of drug-likeness (QED) is 0.614. The zero-order valence-electron chi connectivity index (χ0n) is 14.5. The van der Waals surface area contributed by atoms with Crippen LogP contribution in [0.4, 0.5) is 5.69 Å². The lowest BCUT2D eigenvalue weighted by atomic mass is 10.2. The zero-order chi connectivity index (χ0) is 18.1. The van der Waals surface area contributed by atoms with Gasteiger partial charge in [-0.3, -0.25) is 9.59 Å². The number of carbonyl (C=O) groups excluding carboxylic acids is 1. The van der Waals surface area contributed by atoms with E-state index in [1.807, 2.05) is 72.1 Å². The molecule has 0 aliphatic carbocycles. The van der Waals surface area contributed by atoms with Crippen LogP contribution < -0.4 is 10.9 Å². The van der Waals surface area contributed by atoms with Crippen molar-refractivity contribution in [1.82, 2.24) is 8.97 Å². The van der Waals surface area contributed by atoms with E-state index in [1.165, 1.54) is 0 Å². The molecular weight excluding hydrogens is 326 g/mol. The number of benzene rings is 2. The minimum absolute atomic E-state index is 0.0857. The highest BCUT2D eigenvalue weighted by molar-refractivity contribution is 5.91. The standard InChI is InChI=1S/C21H19N3O2/c1-15-7-2-3-8-16(15)22-20(25)12-14-24-18-10-5-4-9-17(18)23-13-6-11-19(23)21(24)26/h2-11,13H,12,14H2,1H3,(H,22,25). The largest absolute Gasteiger partial charge is 0.326 e. The van der Waals surface area contributed by atoms with Crippen molar-refractivity contribution in [3.63, 3.8) is 0 Å². The molecule has 0 radical (unpaired) electrons. The summed E-state index contributed by atoms with van der Waals surface area (Å²) in [5.41, 5.74) is 4.12. The van der Waals surface area contributed by atoms with E-state index < -0.39 is 0 Å². The highest BCUT2D eigenvalue weighted by Gasteiger charge is 2.12. The van der Waals surface area contributed by atoms with E-state index in [9.17, 15) is 9.59 Å². The van der Waals surface area contributed by atoms with E-state index in [0.29, 0.717) is 12.1 Å². The summed E-state index contributed by atoms with van der Waals surface area (Å²) in [6, 6.07) is 19.1. The van der Waals surface area contributed by atoms with Gasteiger partial charge >= 0.3 is 0 Å². The maximum Gasteiger partial charge on any atom is 0.275 e. The maximum atomic E-state index is 12.8. The first-order valence-electron chi connectivity index (χ1n) is 8.59. The molecule has 130 valence electrons. The summed E-state index contributed by atoms with van der Waals surface area (Å²) < 4.78 is 3.57. The van der Waals surface area contributed by atoms with Gasteiger partial charge in [0, 0.05) is 24.8 Å². The Kier molecular flexibility index (Phi) is 4.05. The number of hydrogen-bond donors (Lipinski definition) is 1. The average molecular weight is 345 g/mol. The Labute approximate surface area is 150 Å². The summed E-state index contributed by atoms with van der Waals surface area (Å²) in [4.78, 5) is 25.2. The molecule has 0 bridgehead atoms. The summed E-state index contributed by atoms with van der Waals surface area (Å²) >= 11 is 0. The van der Waals surface area contributed by atoms with Gasteiger partial charge in [-0.15, -0.1) is 0 Å². The van der Waals surface area contributed by atoms with E-state index in [-0.39, 0.29) is 17.9 Å². The fourth-order valence-electron chi connectivity index (χ4n) is 3.27. The topological polar surface area (TPSA) is 55.5 Å². The van der Waals surface area contributed by atoms with Crippen LogP contribution in [0.25, 0.3) is 16.6 Å². The molecule has 0 saturated heterocycles. The first-order chi connectivity index (χ1) is 12.6. The number of aryl methyl sites for hydroxylation is 2. The number of anilines is 1. The second kappa shape index (κ2) is 6.52. The first-order valence-corrected chi connectivity index (χ1v) is 8.59. The van der Waals surface area contributed by atoms with Gasteiger partial charge in [-0.05, 0) is 42.8 Å². The molecule has 4 aromatic rings. The smallest absolute Gasteiger partial charge is 0.275 e. The van der Waals surface area contributed by atoms with E-state index in [4.69, 9.17) is 0 Å². The summed E-state index contributed by atoms with van der Waals surface area (Å²) in [5, 5.41) is 2.92. The monoisotopic (exact) mass is 345 g/mol. The molecule has 2 heterocycles. The summed E-state index contributed by atoms with van der Waals surface area (Å²) in [6.07, 6.45) is 2.11. The van der Waals surface area contributed by atoms with Gasteiger partial charge in [0.25, 0.3) is 5.56 Å². The molecule has 0 unspecified atom stereocenters. The molecule has 1 amide bonds. The predicted molar refractivity (Wildman–Crippen MR) is 104 cm³/mol. The Morgan fingerprint density at radius 2 is 1.62 bits per heavy atom. The minimum Gasteiger partial charge on any atom is -0.326 e. The summed E-state index contributed by atoms with van der Waals surface area (Å²) in [6.45, 7) is 2.28. The molecule has 0 aliphatic heterocycles. The van der Waals surface area contributed by atoms with Gasteiger partial charge < -0.3 is 14.3 Å². The predicted octanol–water partition coefficient (Wildman–Crippen LogP) is 3.59. The maximum absolute atomic E-state index is 12.8. The number of fused-ring (bicyclic) bond motifs is 3. The number of hydrogen-bond acceptors (Lipinski definition) is 2. The molecule has 5 heteroatoms. The number of amides is 1.